The largest absolute Gasteiger partial charge is 0.488 e. The molecule has 144 valence electrons. The van der Waals surface area contributed by atoms with E-state index in [4.69, 9.17) is 5.73 Å². The first-order valence-electron chi connectivity index (χ1n) is 9.16. The monoisotopic (exact) mass is 378 g/mol. The van der Waals surface area contributed by atoms with Crippen molar-refractivity contribution in [1.29, 1.82) is 0 Å². The van der Waals surface area contributed by atoms with Crippen LogP contribution in [-0.2, 0) is 4.79 Å². The maximum Gasteiger partial charge on any atom is 0.488 e. The fourth-order valence-electron chi connectivity index (χ4n) is 2.95. The summed E-state index contributed by atoms with van der Waals surface area (Å²) in [5.74, 6) is 0.346. The van der Waals surface area contributed by atoms with Crippen molar-refractivity contribution in [3.05, 3.63) is 42.6 Å². The maximum absolute atomic E-state index is 12.3. The molecule has 1 amide bonds. The highest BCUT2D eigenvalue weighted by atomic mass is 16.4. The molecule has 1 heterocycles. The van der Waals surface area contributed by atoms with Crippen molar-refractivity contribution >= 4 is 40.8 Å². The minimum Gasteiger partial charge on any atom is -0.423 e. The van der Waals surface area contributed by atoms with E-state index in [1.54, 1.807) is 18.2 Å². The van der Waals surface area contributed by atoms with E-state index < -0.39 is 7.12 Å². The standard InChI is InChI=1S/C20H23BN4O3/c1-12(2)3-8-20(26)24-18-7-5-14(21(27)28)10-16(18)13-4-6-15-17(22)11-23-25-19(15)9-13/h4-7,9-12,27-28H,3,8H2,1-2H3,(H2,22,25)(H,24,26). The van der Waals surface area contributed by atoms with E-state index >= 15 is 0 Å². The molecule has 0 spiro atoms. The van der Waals surface area contributed by atoms with Gasteiger partial charge in [0.25, 0.3) is 0 Å². The minimum atomic E-state index is -1.61. The fraction of sp³-hybridized carbons (Fsp3) is 0.250. The quantitative estimate of drug-likeness (QED) is 0.487. The van der Waals surface area contributed by atoms with Crippen LogP contribution < -0.4 is 16.5 Å². The van der Waals surface area contributed by atoms with Gasteiger partial charge in [0, 0.05) is 23.1 Å². The van der Waals surface area contributed by atoms with Crippen molar-refractivity contribution in [2.45, 2.75) is 26.7 Å². The average Bonchev–Trinajstić information content (AvgIpc) is 2.66. The van der Waals surface area contributed by atoms with Crippen molar-refractivity contribution < 1.29 is 14.8 Å². The van der Waals surface area contributed by atoms with Gasteiger partial charge in [-0.25, -0.2) is 0 Å². The molecule has 0 saturated carbocycles. The summed E-state index contributed by atoms with van der Waals surface area (Å²) < 4.78 is 0. The van der Waals surface area contributed by atoms with Crippen LogP contribution in [0.4, 0.5) is 11.4 Å². The average molecular weight is 378 g/mol. The Morgan fingerprint density at radius 3 is 2.71 bits per heavy atom. The Hall–Kier alpha value is -2.97. The minimum absolute atomic E-state index is 0.0860. The molecular weight excluding hydrogens is 355 g/mol. The van der Waals surface area contributed by atoms with Gasteiger partial charge >= 0.3 is 7.12 Å². The lowest BCUT2D eigenvalue weighted by Crippen LogP contribution is -2.30. The molecule has 3 aromatic rings. The maximum atomic E-state index is 12.3. The lowest BCUT2D eigenvalue weighted by molar-refractivity contribution is -0.116. The molecule has 3 rings (SSSR count). The molecule has 0 aliphatic rings. The number of nitrogens with two attached hydrogens (primary N) is 1. The molecule has 0 fully saturated rings. The fourth-order valence-corrected chi connectivity index (χ4v) is 2.95. The smallest absolute Gasteiger partial charge is 0.423 e. The molecule has 0 unspecified atom stereocenters. The number of nitrogens with zero attached hydrogens (tertiary/aromatic N) is 2. The first kappa shape index (κ1) is 19.8. The Labute approximate surface area is 163 Å². The highest BCUT2D eigenvalue weighted by molar-refractivity contribution is 6.58. The highest BCUT2D eigenvalue weighted by Gasteiger charge is 2.16. The van der Waals surface area contributed by atoms with E-state index in [-0.39, 0.29) is 5.91 Å². The summed E-state index contributed by atoms with van der Waals surface area (Å²) in [7, 11) is -1.61. The zero-order chi connectivity index (χ0) is 20.3. The van der Waals surface area contributed by atoms with Gasteiger partial charge in [0.15, 0.2) is 0 Å². The van der Waals surface area contributed by atoms with Gasteiger partial charge in [-0.05, 0) is 41.6 Å². The Morgan fingerprint density at radius 2 is 2.00 bits per heavy atom. The topological polar surface area (TPSA) is 121 Å². The predicted molar refractivity (Wildman–Crippen MR) is 112 cm³/mol. The van der Waals surface area contributed by atoms with Gasteiger partial charge in [-0.2, -0.15) is 10.2 Å². The zero-order valence-corrected chi connectivity index (χ0v) is 15.9. The third kappa shape index (κ3) is 4.47. The van der Waals surface area contributed by atoms with Crippen molar-refractivity contribution in [1.82, 2.24) is 10.2 Å². The Balaban J connectivity index is 2.02. The number of hydrogen-bond acceptors (Lipinski definition) is 6. The number of benzene rings is 2. The lowest BCUT2D eigenvalue weighted by atomic mass is 9.78. The van der Waals surface area contributed by atoms with Crippen LogP contribution in [0.25, 0.3) is 22.0 Å². The zero-order valence-electron chi connectivity index (χ0n) is 15.9. The second kappa shape index (κ2) is 8.37. The van der Waals surface area contributed by atoms with E-state index in [2.05, 4.69) is 29.4 Å². The van der Waals surface area contributed by atoms with Crippen LogP contribution in [0, 0.1) is 5.92 Å². The third-order valence-corrected chi connectivity index (χ3v) is 4.55. The highest BCUT2D eigenvalue weighted by Crippen LogP contribution is 2.30. The van der Waals surface area contributed by atoms with Crippen LogP contribution in [-0.4, -0.2) is 33.3 Å². The number of carbonyl (C=O) groups is 1. The van der Waals surface area contributed by atoms with E-state index in [9.17, 15) is 14.8 Å². The summed E-state index contributed by atoms with van der Waals surface area (Å²) in [6, 6.07) is 10.4. The van der Waals surface area contributed by atoms with Gasteiger partial charge in [0.05, 0.1) is 17.4 Å². The first-order chi connectivity index (χ1) is 13.3. The van der Waals surface area contributed by atoms with Crippen LogP contribution in [0.5, 0.6) is 0 Å². The molecule has 8 heteroatoms. The molecule has 2 aromatic carbocycles. The number of amides is 1. The van der Waals surface area contributed by atoms with Gasteiger partial charge in [0.1, 0.15) is 0 Å². The van der Waals surface area contributed by atoms with Crippen molar-refractivity contribution in [3.8, 4) is 11.1 Å². The molecule has 28 heavy (non-hydrogen) atoms. The van der Waals surface area contributed by atoms with Gasteiger partial charge in [0.2, 0.25) is 5.91 Å². The van der Waals surface area contributed by atoms with E-state index in [0.29, 0.717) is 40.3 Å². The van der Waals surface area contributed by atoms with Gasteiger partial charge in [-0.3, -0.25) is 4.79 Å². The van der Waals surface area contributed by atoms with Crippen LogP contribution in [0.3, 0.4) is 0 Å². The number of nitrogen functional groups attached to an aromatic ring is 1. The summed E-state index contributed by atoms with van der Waals surface area (Å²) in [4.78, 5) is 12.3. The van der Waals surface area contributed by atoms with Crippen LogP contribution in [0.2, 0.25) is 0 Å². The number of carbonyl (C=O) groups excluding carboxylic acids is 1. The molecular formula is C20H23BN4O3. The van der Waals surface area contributed by atoms with Crippen molar-refractivity contribution in [3.63, 3.8) is 0 Å². The molecule has 0 saturated heterocycles. The summed E-state index contributed by atoms with van der Waals surface area (Å²) in [5, 5.41) is 30.8. The van der Waals surface area contributed by atoms with Crippen LogP contribution in [0.1, 0.15) is 26.7 Å². The lowest BCUT2D eigenvalue weighted by Gasteiger charge is -2.14. The molecule has 0 bridgehead atoms. The van der Waals surface area contributed by atoms with Crippen LogP contribution in [0.15, 0.2) is 42.6 Å². The molecule has 0 aliphatic heterocycles. The van der Waals surface area contributed by atoms with Gasteiger partial charge in [-0.1, -0.05) is 32.0 Å². The number of nitrogens with one attached hydrogen (secondary N) is 1. The SMILES string of the molecule is CC(C)CCC(=O)Nc1ccc(B(O)O)cc1-c1ccc2c(N)cnnc2c1. The number of anilines is 2. The number of aromatic nitrogens is 2. The summed E-state index contributed by atoms with van der Waals surface area (Å²) in [6.07, 6.45) is 2.70. The molecule has 0 atom stereocenters. The molecule has 1 aromatic heterocycles. The van der Waals surface area contributed by atoms with Crippen molar-refractivity contribution in [2.24, 2.45) is 5.92 Å². The molecule has 0 radical (unpaired) electrons. The Bertz CT molecular complexity index is 1010. The normalized spacial score (nSPS) is 11.0. The number of rotatable bonds is 6. The third-order valence-electron chi connectivity index (χ3n) is 4.55. The van der Waals surface area contributed by atoms with Crippen LogP contribution >= 0.6 is 0 Å². The summed E-state index contributed by atoms with van der Waals surface area (Å²) in [6.45, 7) is 4.13. The molecule has 0 aliphatic carbocycles. The molecule has 7 nitrogen and oxygen atoms in total. The summed E-state index contributed by atoms with van der Waals surface area (Å²) in [5.41, 5.74) is 9.42. The Kier molecular flexibility index (Phi) is 5.91. The Morgan fingerprint density at radius 1 is 1.21 bits per heavy atom. The first-order valence-corrected chi connectivity index (χ1v) is 9.16. The predicted octanol–water partition coefficient (Wildman–Crippen LogP) is 1.93. The molecule has 5 N–H and O–H groups in total. The second-order valence-corrected chi connectivity index (χ2v) is 7.19. The summed E-state index contributed by atoms with van der Waals surface area (Å²) >= 11 is 0. The second-order valence-electron chi connectivity index (χ2n) is 7.19. The van der Waals surface area contributed by atoms with E-state index in [1.165, 1.54) is 6.20 Å². The van der Waals surface area contributed by atoms with E-state index in [0.717, 1.165) is 17.4 Å². The van der Waals surface area contributed by atoms with Gasteiger partial charge < -0.3 is 21.1 Å². The number of hydrogen-bond donors (Lipinski definition) is 4. The van der Waals surface area contributed by atoms with Gasteiger partial charge in [-0.15, -0.1) is 0 Å². The van der Waals surface area contributed by atoms with E-state index in [1.807, 2.05) is 18.2 Å². The van der Waals surface area contributed by atoms with Crippen molar-refractivity contribution in [2.75, 3.05) is 11.1 Å². The number of fused-ring (bicyclic) bond motifs is 1.